The number of aliphatic carboxylic acids is 1. The van der Waals surface area contributed by atoms with Gasteiger partial charge in [0.1, 0.15) is 6.54 Å². The lowest BCUT2D eigenvalue weighted by Crippen LogP contribution is -2.40. The fourth-order valence-electron chi connectivity index (χ4n) is 1.81. The molecule has 0 spiro atoms. The molecule has 1 aliphatic carbocycles. The lowest BCUT2D eigenvalue weighted by molar-refractivity contribution is -0.137. The Morgan fingerprint density at radius 1 is 1.50 bits per heavy atom. The van der Waals surface area contributed by atoms with Crippen molar-refractivity contribution in [2.75, 3.05) is 11.9 Å². The number of hydrogen-bond acceptors (Lipinski definition) is 3. The van der Waals surface area contributed by atoms with E-state index < -0.39 is 5.97 Å². The molecule has 1 aromatic rings. The molecule has 0 saturated heterocycles. The molecule has 2 amide bonds. The maximum atomic E-state index is 12.0. The maximum Gasteiger partial charge on any atom is 0.323 e. The van der Waals surface area contributed by atoms with Crippen molar-refractivity contribution < 1.29 is 14.7 Å². The first kappa shape index (κ1) is 12.4. The highest BCUT2D eigenvalue weighted by Gasteiger charge is 2.34. The summed E-state index contributed by atoms with van der Waals surface area (Å²) in [6.45, 7) is 3.30. The molecule has 0 aliphatic heterocycles. The third kappa shape index (κ3) is 2.61. The zero-order valence-corrected chi connectivity index (χ0v) is 10.4. The zero-order valence-electron chi connectivity index (χ0n) is 10.4. The number of hydrogen-bond donors (Lipinski definition) is 3. The van der Waals surface area contributed by atoms with Gasteiger partial charge in [0.25, 0.3) is 0 Å². The Balaban J connectivity index is 2.07. The number of amides is 2. The molecule has 0 aromatic carbocycles. The number of nitrogens with one attached hydrogen (secondary N) is 2. The van der Waals surface area contributed by atoms with Crippen LogP contribution in [0.2, 0.25) is 0 Å². The van der Waals surface area contributed by atoms with Crippen LogP contribution < -0.4 is 5.32 Å². The van der Waals surface area contributed by atoms with Crippen molar-refractivity contribution in [2.24, 2.45) is 0 Å². The van der Waals surface area contributed by atoms with E-state index >= 15 is 0 Å². The minimum absolute atomic E-state index is 0.0496. The molecule has 2 rings (SSSR count). The average molecular weight is 252 g/mol. The van der Waals surface area contributed by atoms with E-state index in [2.05, 4.69) is 15.5 Å². The van der Waals surface area contributed by atoms with Crippen molar-refractivity contribution in [1.29, 1.82) is 0 Å². The van der Waals surface area contributed by atoms with Gasteiger partial charge in [0, 0.05) is 6.04 Å². The molecule has 1 heterocycles. The van der Waals surface area contributed by atoms with Gasteiger partial charge in [0.2, 0.25) is 0 Å². The molecule has 7 nitrogen and oxygen atoms in total. The number of carbonyl (C=O) groups excluding carboxylic acids is 1. The second-order valence-electron chi connectivity index (χ2n) is 4.49. The van der Waals surface area contributed by atoms with Gasteiger partial charge >= 0.3 is 12.0 Å². The van der Waals surface area contributed by atoms with Crippen molar-refractivity contribution >= 4 is 17.7 Å². The van der Waals surface area contributed by atoms with Crippen LogP contribution in [0.4, 0.5) is 10.5 Å². The number of rotatable bonds is 4. The van der Waals surface area contributed by atoms with Crippen molar-refractivity contribution in [2.45, 2.75) is 32.7 Å². The lowest BCUT2D eigenvalue weighted by atomic mass is 10.3. The number of aromatic amines is 1. The number of carboxylic acids is 1. The van der Waals surface area contributed by atoms with Gasteiger partial charge in [-0.3, -0.25) is 9.89 Å². The molecule has 18 heavy (non-hydrogen) atoms. The van der Waals surface area contributed by atoms with E-state index in [0.29, 0.717) is 11.4 Å². The largest absolute Gasteiger partial charge is 0.480 e. The Hall–Kier alpha value is -2.05. The molecule has 0 unspecified atom stereocenters. The maximum absolute atomic E-state index is 12.0. The Labute approximate surface area is 104 Å². The SMILES string of the molecule is Cc1n[nH]c(C)c1NC(=O)N(CC(=O)O)C1CC1. The molecule has 7 heteroatoms. The van der Waals surface area contributed by atoms with Crippen molar-refractivity contribution in [1.82, 2.24) is 15.1 Å². The second-order valence-corrected chi connectivity index (χ2v) is 4.49. The average Bonchev–Trinajstić information content (AvgIpc) is 3.08. The third-order valence-electron chi connectivity index (χ3n) is 2.91. The normalized spacial score (nSPS) is 14.3. The summed E-state index contributed by atoms with van der Waals surface area (Å²) in [5, 5.41) is 18.3. The predicted octanol–water partition coefficient (Wildman–Crippen LogP) is 1.11. The van der Waals surface area contributed by atoms with Gasteiger partial charge in [0.15, 0.2) is 0 Å². The molecule has 1 fully saturated rings. The molecular formula is C11H16N4O3. The van der Waals surface area contributed by atoms with E-state index in [0.717, 1.165) is 18.5 Å². The Bertz CT molecular complexity index is 459. The number of urea groups is 1. The minimum Gasteiger partial charge on any atom is -0.480 e. The molecular weight excluding hydrogens is 236 g/mol. The zero-order chi connectivity index (χ0) is 13.3. The minimum atomic E-state index is -1.00. The van der Waals surface area contributed by atoms with Crippen molar-refractivity contribution in [3.63, 3.8) is 0 Å². The van der Waals surface area contributed by atoms with Crippen LogP contribution in [0.3, 0.4) is 0 Å². The fraction of sp³-hybridized carbons (Fsp3) is 0.545. The molecule has 0 bridgehead atoms. The molecule has 3 N–H and O–H groups in total. The highest BCUT2D eigenvalue weighted by atomic mass is 16.4. The van der Waals surface area contributed by atoms with Crippen molar-refractivity contribution in [3.8, 4) is 0 Å². The van der Waals surface area contributed by atoms with Gasteiger partial charge in [0.05, 0.1) is 17.1 Å². The highest BCUT2D eigenvalue weighted by Crippen LogP contribution is 2.27. The van der Waals surface area contributed by atoms with E-state index in [4.69, 9.17) is 5.11 Å². The van der Waals surface area contributed by atoms with Crippen LogP contribution in [-0.4, -0.2) is 44.8 Å². The fourth-order valence-corrected chi connectivity index (χ4v) is 1.81. The second kappa shape index (κ2) is 4.67. The van der Waals surface area contributed by atoms with Crippen LogP contribution in [-0.2, 0) is 4.79 Å². The highest BCUT2D eigenvalue weighted by molar-refractivity contribution is 5.92. The molecule has 0 radical (unpaired) electrons. The lowest BCUT2D eigenvalue weighted by Gasteiger charge is -2.20. The van der Waals surface area contributed by atoms with E-state index in [1.54, 1.807) is 13.8 Å². The number of aromatic nitrogens is 2. The number of anilines is 1. The Morgan fingerprint density at radius 2 is 2.17 bits per heavy atom. The summed E-state index contributed by atoms with van der Waals surface area (Å²) in [6.07, 6.45) is 1.73. The van der Waals surface area contributed by atoms with E-state index in [9.17, 15) is 9.59 Å². The Kier molecular flexibility index (Phi) is 3.22. The van der Waals surface area contributed by atoms with Crippen LogP contribution in [0.15, 0.2) is 0 Å². The molecule has 1 aliphatic rings. The van der Waals surface area contributed by atoms with Gasteiger partial charge in [-0.15, -0.1) is 0 Å². The molecule has 1 aromatic heterocycles. The number of aryl methyl sites for hydroxylation is 2. The summed E-state index contributed by atoms with van der Waals surface area (Å²) in [7, 11) is 0. The first-order valence-electron chi connectivity index (χ1n) is 5.80. The standard InChI is InChI=1S/C11H16N4O3/c1-6-10(7(2)14-13-6)12-11(18)15(5-9(16)17)8-3-4-8/h8H,3-5H2,1-2H3,(H,12,18)(H,13,14)(H,16,17). The van der Waals surface area contributed by atoms with Gasteiger partial charge < -0.3 is 15.3 Å². The van der Waals surface area contributed by atoms with E-state index in [1.165, 1.54) is 4.90 Å². The number of carbonyl (C=O) groups is 2. The van der Waals surface area contributed by atoms with Crippen LogP contribution in [0, 0.1) is 13.8 Å². The van der Waals surface area contributed by atoms with Crippen LogP contribution >= 0.6 is 0 Å². The number of nitrogens with zero attached hydrogens (tertiary/aromatic N) is 2. The van der Waals surface area contributed by atoms with Gasteiger partial charge in [-0.25, -0.2) is 4.79 Å². The smallest absolute Gasteiger partial charge is 0.323 e. The Morgan fingerprint density at radius 3 is 2.61 bits per heavy atom. The summed E-state index contributed by atoms with van der Waals surface area (Å²) in [6, 6.07) is -0.332. The van der Waals surface area contributed by atoms with Gasteiger partial charge in [-0.2, -0.15) is 5.10 Å². The summed E-state index contributed by atoms with van der Waals surface area (Å²) >= 11 is 0. The molecule has 0 atom stereocenters. The first-order valence-corrected chi connectivity index (χ1v) is 5.80. The van der Waals surface area contributed by atoms with E-state index in [-0.39, 0.29) is 18.6 Å². The quantitative estimate of drug-likeness (QED) is 0.747. The topological polar surface area (TPSA) is 98.3 Å². The van der Waals surface area contributed by atoms with Crippen LogP contribution in [0.1, 0.15) is 24.2 Å². The molecule has 98 valence electrons. The first-order chi connectivity index (χ1) is 8.49. The number of H-pyrrole nitrogens is 1. The third-order valence-corrected chi connectivity index (χ3v) is 2.91. The summed E-state index contributed by atoms with van der Waals surface area (Å²) in [4.78, 5) is 24.1. The van der Waals surface area contributed by atoms with Gasteiger partial charge in [-0.05, 0) is 26.7 Å². The molecule has 1 saturated carbocycles. The summed E-state index contributed by atoms with van der Waals surface area (Å²) < 4.78 is 0. The van der Waals surface area contributed by atoms with Crippen LogP contribution in [0.5, 0.6) is 0 Å². The summed E-state index contributed by atoms with van der Waals surface area (Å²) in [5.41, 5.74) is 2.06. The number of carboxylic acid groups (broad SMARTS) is 1. The van der Waals surface area contributed by atoms with Crippen molar-refractivity contribution in [3.05, 3.63) is 11.4 Å². The summed E-state index contributed by atoms with van der Waals surface area (Å²) in [5.74, 6) is -1.00. The predicted molar refractivity (Wildman–Crippen MR) is 64.4 cm³/mol. The monoisotopic (exact) mass is 252 g/mol. The van der Waals surface area contributed by atoms with Gasteiger partial charge in [-0.1, -0.05) is 0 Å². The van der Waals surface area contributed by atoms with Crippen LogP contribution in [0.25, 0.3) is 0 Å². The van der Waals surface area contributed by atoms with E-state index in [1.807, 2.05) is 0 Å².